The van der Waals surface area contributed by atoms with E-state index in [1.165, 1.54) is 17.0 Å². The van der Waals surface area contributed by atoms with Crippen molar-refractivity contribution in [2.75, 3.05) is 19.3 Å². The molecule has 0 saturated carbocycles. The van der Waals surface area contributed by atoms with Crippen molar-refractivity contribution in [3.05, 3.63) is 29.9 Å². The molecule has 1 fully saturated rings. The van der Waals surface area contributed by atoms with E-state index in [1.54, 1.807) is 0 Å². The molecule has 1 aromatic carbocycles. The number of rotatable bonds is 5. The Hall–Kier alpha value is -2.49. The fraction of sp³-hybridized carbons (Fsp3) is 0.500. The van der Waals surface area contributed by atoms with Crippen LogP contribution < -0.4 is 0 Å². The summed E-state index contributed by atoms with van der Waals surface area (Å²) in [4.78, 5) is 16.3. The monoisotopic (exact) mass is 411 g/mol. The largest absolute Gasteiger partial charge is 0.465 e. The Bertz CT molecular complexity index is 967. The van der Waals surface area contributed by atoms with Gasteiger partial charge < -0.3 is 14.5 Å². The summed E-state index contributed by atoms with van der Waals surface area (Å²) in [6.45, 7) is 3.10. The van der Waals surface area contributed by atoms with Gasteiger partial charge >= 0.3 is 6.09 Å². The van der Waals surface area contributed by atoms with Crippen molar-refractivity contribution in [1.29, 1.82) is 0 Å². The van der Waals surface area contributed by atoms with Crippen LogP contribution in [0.2, 0.25) is 0 Å². The van der Waals surface area contributed by atoms with E-state index in [9.17, 15) is 17.6 Å². The molecule has 1 saturated heterocycles. The molecular weight excluding hydrogens is 389 g/mol. The quantitative estimate of drug-likeness (QED) is 0.805. The first-order chi connectivity index (χ1) is 13.1. The topological polar surface area (TPSA) is 114 Å². The van der Waals surface area contributed by atoms with E-state index < -0.39 is 21.7 Å². The molecule has 1 amide bonds. The Morgan fingerprint density at radius 1 is 1.39 bits per heavy atom. The maximum atomic E-state index is 14.1. The molecule has 152 valence electrons. The Labute approximate surface area is 162 Å². The summed E-state index contributed by atoms with van der Waals surface area (Å²) in [5.41, 5.74) is 0.335. The van der Waals surface area contributed by atoms with Crippen LogP contribution in [0.15, 0.2) is 27.6 Å². The minimum absolute atomic E-state index is 0.196. The number of hydrogen-bond acceptors (Lipinski definition) is 6. The Balaban J connectivity index is 1.66. The first-order valence-electron chi connectivity index (χ1n) is 8.95. The normalized spacial score (nSPS) is 16.9. The van der Waals surface area contributed by atoms with Crippen LogP contribution in [0.3, 0.4) is 0 Å². The van der Waals surface area contributed by atoms with Crippen molar-refractivity contribution in [1.82, 2.24) is 15.0 Å². The average Bonchev–Trinajstić information content (AvgIpc) is 3.09. The van der Waals surface area contributed by atoms with Crippen LogP contribution >= 0.6 is 0 Å². The van der Waals surface area contributed by atoms with Crippen molar-refractivity contribution in [2.24, 2.45) is 11.8 Å². The van der Waals surface area contributed by atoms with Gasteiger partial charge in [0.25, 0.3) is 0 Å². The van der Waals surface area contributed by atoms with Gasteiger partial charge in [-0.05, 0) is 42.9 Å². The molecule has 1 N–H and O–H groups in total. The lowest BCUT2D eigenvalue weighted by Crippen LogP contribution is -2.39. The van der Waals surface area contributed by atoms with E-state index in [4.69, 9.17) is 9.63 Å². The van der Waals surface area contributed by atoms with Crippen LogP contribution in [0.1, 0.15) is 25.7 Å². The van der Waals surface area contributed by atoms with Gasteiger partial charge in [-0.15, -0.1) is 0 Å². The number of halogens is 1. The predicted octanol–water partition coefficient (Wildman–Crippen LogP) is 2.85. The van der Waals surface area contributed by atoms with Crippen molar-refractivity contribution in [2.45, 2.75) is 31.1 Å². The Morgan fingerprint density at radius 3 is 2.64 bits per heavy atom. The summed E-state index contributed by atoms with van der Waals surface area (Å²) in [6.07, 6.45) is 2.16. The van der Waals surface area contributed by atoms with Crippen LogP contribution in [-0.4, -0.2) is 54.0 Å². The number of aromatic nitrogens is 2. The van der Waals surface area contributed by atoms with Crippen LogP contribution in [0.25, 0.3) is 11.4 Å². The molecule has 1 aliphatic rings. The van der Waals surface area contributed by atoms with Crippen LogP contribution in [-0.2, 0) is 16.3 Å². The van der Waals surface area contributed by atoms with Crippen LogP contribution in [0, 0.1) is 17.7 Å². The summed E-state index contributed by atoms with van der Waals surface area (Å²) in [5, 5.41) is 12.9. The minimum atomic E-state index is -3.64. The molecule has 2 aromatic rings. The van der Waals surface area contributed by atoms with Gasteiger partial charge in [0, 0.05) is 31.3 Å². The highest BCUT2D eigenvalue weighted by Gasteiger charge is 2.27. The third-order valence-electron chi connectivity index (χ3n) is 5.17. The highest BCUT2D eigenvalue weighted by Crippen LogP contribution is 2.28. The fourth-order valence-electron chi connectivity index (χ4n) is 3.50. The number of likely N-dealkylation sites (tertiary alicyclic amines) is 1. The Kier molecular flexibility index (Phi) is 5.69. The SMILES string of the molecule is CC(Cc1nc(-c2ccc(S(C)(=O)=O)c(F)c2)no1)C1CCN(C(=O)O)CC1. The molecule has 28 heavy (non-hydrogen) atoms. The second kappa shape index (κ2) is 7.86. The first kappa shape index (κ1) is 20.2. The number of piperidine rings is 1. The van der Waals surface area contributed by atoms with E-state index in [1.807, 2.05) is 0 Å². The Morgan fingerprint density at radius 2 is 2.07 bits per heavy atom. The fourth-order valence-corrected chi connectivity index (χ4v) is 4.23. The molecule has 0 radical (unpaired) electrons. The standard InChI is InChI=1S/C18H22FN3O5S/c1-11(12-5-7-22(8-6-12)18(23)24)9-16-20-17(21-27-16)13-3-4-15(14(19)10-13)28(2,25)26/h3-4,10-12H,5-9H2,1-2H3,(H,23,24). The van der Waals surface area contributed by atoms with Gasteiger partial charge in [-0.25, -0.2) is 17.6 Å². The first-order valence-corrected chi connectivity index (χ1v) is 10.8. The average molecular weight is 411 g/mol. The smallest absolute Gasteiger partial charge is 0.407 e. The molecule has 1 atom stereocenters. The number of nitrogens with zero attached hydrogens (tertiary/aromatic N) is 3. The second-order valence-corrected chi connectivity index (χ2v) is 9.20. The molecule has 3 rings (SSSR count). The van der Waals surface area contributed by atoms with Crippen molar-refractivity contribution < 1.29 is 27.2 Å². The summed E-state index contributed by atoms with van der Waals surface area (Å²) in [5.74, 6) is 0.341. The molecule has 1 aromatic heterocycles. The molecule has 0 aliphatic carbocycles. The number of carbonyl (C=O) groups is 1. The predicted molar refractivity (Wildman–Crippen MR) is 98.0 cm³/mol. The highest BCUT2D eigenvalue weighted by atomic mass is 32.2. The summed E-state index contributed by atoms with van der Waals surface area (Å²) < 4.78 is 42.4. The molecule has 2 heterocycles. The van der Waals surface area contributed by atoms with Gasteiger partial charge in [0.05, 0.1) is 0 Å². The molecule has 0 spiro atoms. The van der Waals surface area contributed by atoms with Crippen LogP contribution in [0.4, 0.5) is 9.18 Å². The van der Waals surface area contributed by atoms with Gasteiger partial charge in [-0.2, -0.15) is 4.98 Å². The molecule has 8 nitrogen and oxygen atoms in total. The third-order valence-corrected chi connectivity index (χ3v) is 6.30. The number of amides is 1. The number of carboxylic acid groups (broad SMARTS) is 1. The maximum absolute atomic E-state index is 14.1. The zero-order chi connectivity index (χ0) is 20.5. The summed E-state index contributed by atoms with van der Waals surface area (Å²) in [6, 6.07) is 3.71. The number of hydrogen-bond donors (Lipinski definition) is 1. The molecule has 1 aliphatic heterocycles. The molecule has 10 heteroatoms. The van der Waals surface area contributed by atoms with Gasteiger partial charge in [-0.3, -0.25) is 0 Å². The van der Waals surface area contributed by atoms with E-state index in [-0.39, 0.29) is 16.6 Å². The molecular formula is C18H22FN3O5S. The summed E-state index contributed by atoms with van der Waals surface area (Å²) >= 11 is 0. The zero-order valence-electron chi connectivity index (χ0n) is 15.6. The van der Waals surface area contributed by atoms with E-state index in [2.05, 4.69) is 17.1 Å². The third kappa shape index (κ3) is 4.49. The highest BCUT2D eigenvalue weighted by molar-refractivity contribution is 7.90. The van der Waals surface area contributed by atoms with Crippen molar-refractivity contribution >= 4 is 15.9 Å². The molecule has 1 unspecified atom stereocenters. The second-order valence-electron chi connectivity index (χ2n) is 7.22. The molecule has 0 bridgehead atoms. The van der Waals surface area contributed by atoms with Crippen molar-refractivity contribution in [3.63, 3.8) is 0 Å². The van der Waals surface area contributed by atoms with Gasteiger partial charge in [0.15, 0.2) is 9.84 Å². The number of sulfone groups is 1. The minimum Gasteiger partial charge on any atom is -0.465 e. The number of benzene rings is 1. The lowest BCUT2D eigenvalue weighted by Gasteiger charge is -2.32. The summed E-state index contributed by atoms with van der Waals surface area (Å²) in [7, 11) is -3.64. The lowest BCUT2D eigenvalue weighted by molar-refractivity contribution is 0.113. The zero-order valence-corrected chi connectivity index (χ0v) is 16.4. The van der Waals surface area contributed by atoms with E-state index in [0.29, 0.717) is 36.9 Å². The van der Waals surface area contributed by atoms with Gasteiger partial charge in [0.1, 0.15) is 10.7 Å². The van der Waals surface area contributed by atoms with E-state index in [0.717, 1.165) is 25.2 Å². The van der Waals surface area contributed by atoms with Crippen molar-refractivity contribution in [3.8, 4) is 11.4 Å². The maximum Gasteiger partial charge on any atom is 0.407 e. The van der Waals surface area contributed by atoms with E-state index >= 15 is 0 Å². The van der Waals surface area contributed by atoms with Crippen LogP contribution in [0.5, 0.6) is 0 Å². The lowest BCUT2D eigenvalue weighted by atomic mass is 9.83. The van der Waals surface area contributed by atoms with Gasteiger partial charge in [-0.1, -0.05) is 12.1 Å². The van der Waals surface area contributed by atoms with Gasteiger partial charge in [0.2, 0.25) is 11.7 Å².